The van der Waals surface area contributed by atoms with Gasteiger partial charge in [-0.05, 0) is 19.9 Å². The molecule has 21 heavy (non-hydrogen) atoms. The summed E-state index contributed by atoms with van der Waals surface area (Å²) in [6.07, 6.45) is 3.00. The second kappa shape index (κ2) is 5.37. The summed E-state index contributed by atoms with van der Waals surface area (Å²) in [5, 5.41) is 3.37. The third-order valence-electron chi connectivity index (χ3n) is 3.61. The van der Waals surface area contributed by atoms with Gasteiger partial charge in [0.25, 0.3) is 5.91 Å². The van der Waals surface area contributed by atoms with Gasteiger partial charge in [0, 0.05) is 43.6 Å². The molecule has 2 unspecified atom stereocenters. The van der Waals surface area contributed by atoms with E-state index in [-0.39, 0.29) is 23.6 Å². The van der Waals surface area contributed by atoms with Crippen molar-refractivity contribution in [1.29, 1.82) is 0 Å². The van der Waals surface area contributed by atoms with E-state index in [1.54, 1.807) is 4.90 Å². The van der Waals surface area contributed by atoms with E-state index < -0.39 is 5.82 Å². The summed E-state index contributed by atoms with van der Waals surface area (Å²) in [6, 6.07) is 2.96. The van der Waals surface area contributed by atoms with Crippen LogP contribution < -0.4 is 5.32 Å². The Bertz CT molecular complexity index is 680. The number of amides is 1. The molecule has 1 fully saturated rings. The topological polar surface area (TPSA) is 58.1 Å². The maximum absolute atomic E-state index is 13.7. The lowest BCUT2D eigenvalue weighted by Gasteiger charge is -2.36. The Labute approximate surface area is 122 Å². The number of aromatic nitrogens is 2. The highest BCUT2D eigenvalue weighted by Gasteiger charge is 2.27. The summed E-state index contributed by atoms with van der Waals surface area (Å²) in [4.78, 5) is 22.7. The van der Waals surface area contributed by atoms with Gasteiger partial charge < -0.3 is 10.2 Å². The number of fused-ring (bicyclic) bond motifs is 1. The minimum Gasteiger partial charge on any atom is -0.335 e. The number of hydrogen-bond acceptors (Lipinski definition) is 4. The first-order valence-corrected chi connectivity index (χ1v) is 7.00. The molecule has 1 amide bonds. The Balaban J connectivity index is 2.01. The molecular weight excluding hydrogens is 271 g/mol. The van der Waals surface area contributed by atoms with E-state index >= 15 is 0 Å². The van der Waals surface area contributed by atoms with E-state index in [2.05, 4.69) is 15.3 Å². The predicted octanol–water partition coefficient (Wildman–Crippen LogP) is 1.59. The van der Waals surface area contributed by atoms with E-state index in [4.69, 9.17) is 0 Å². The van der Waals surface area contributed by atoms with Gasteiger partial charge in [-0.15, -0.1) is 0 Å². The number of rotatable bonds is 1. The molecule has 0 radical (unpaired) electrons. The number of carbonyl (C=O) groups is 1. The van der Waals surface area contributed by atoms with Crippen LogP contribution in [0, 0.1) is 5.82 Å². The van der Waals surface area contributed by atoms with Gasteiger partial charge in [0.15, 0.2) is 0 Å². The van der Waals surface area contributed by atoms with Crippen molar-refractivity contribution < 1.29 is 9.18 Å². The van der Waals surface area contributed by atoms with Crippen molar-refractivity contribution in [2.75, 3.05) is 13.1 Å². The summed E-state index contributed by atoms with van der Waals surface area (Å²) in [7, 11) is 0. The summed E-state index contributed by atoms with van der Waals surface area (Å²) in [6.45, 7) is 5.25. The van der Waals surface area contributed by atoms with E-state index in [1.165, 1.54) is 24.5 Å². The zero-order chi connectivity index (χ0) is 15.0. The molecule has 3 rings (SSSR count). The Morgan fingerprint density at radius 1 is 1.24 bits per heavy atom. The van der Waals surface area contributed by atoms with Crippen LogP contribution in [-0.4, -0.2) is 45.9 Å². The second-order valence-electron chi connectivity index (χ2n) is 5.56. The third-order valence-corrected chi connectivity index (χ3v) is 3.61. The molecule has 2 atom stereocenters. The van der Waals surface area contributed by atoms with Crippen LogP contribution in [0.1, 0.15) is 24.2 Å². The molecular formula is C15H17FN4O. The van der Waals surface area contributed by atoms with Gasteiger partial charge in [-0.25, -0.2) is 4.39 Å². The average molecular weight is 288 g/mol. The molecule has 0 bridgehead atoms. The molecule has 1 aliphatic heterocycles. The Morgan fingerprint density at radius 3 is 2.62 bits per heavy atom. The van der Waals surface area contributed by atoms with Gasteiger partial charge in [-0.1, -0.05) is 0 Å². The van der Waals surface area contributed by atoms with Gasteiger partial charge in [0.2, 0.25) is 0 Å². The van der Waals surface area contributed by atoms with Crippen LogP contribution in [0.4, 0.5) is 4.39 Å². The van der Waals surface area contributed by atoms with Crippen molar-refractivity contribution in [3.05, 3.63) is 35.9 Å². The monoisotopic (exact) mass is 288 g/mol. The fourth-order valence-corrected chi connectivity index (χ4v) is 2.87. The quantitative estimate of drug-likeness (QED) is 0.866. The van der Waals surface area contributed by atoms with Gasteiger partial charge in [0.05, 0.1) is 11.1 Å². The summed E-state index contributed by atoms with van der Waals surface area (Å²) >= 11 is 0. The fourth-order valence-electron chi connectivity index (χ4n) is 2.87. The highest BCUT2D eigenvalue weighted by molar-refractivity contribution is 6.04. The Kier molecular flexibility index (Phi) is 3.55. The molecule has 1 saturated heterocycles. The number of piperazine rings is 1. The van der Waals surface area contributed by atoms with Crippen LogP contribution in [0.15, 0.2) is 24.5 Å². The zero-order valence-corrected chi connectivity index (χ0v) is 12.0. The zero-order valence-electron chi connectivity index (χ0n) is 12.0. The number of carbonyl (C=O) groups excluding carboxylic acids is 1. The van der Waals surface area contributed by atoms with Gasteiger partial charge >= 0.3 is 0 Å². The molecule has 110 valence electrons. The molecule has 0 aliphatic carbocycles. The van der Waals surface area contributed by atoms with Gasteiger partial charge in [0.1, 0.15) is 11.3 Å². The Morgan fingerprint density at radius 2 is 1.90 bits per heavy atom. The summed E-state index contributed by atoms with van der Waals surface area (Å²) in [5.74, 6) is -0.664. The van der Waals surface area contributed by atoms with Crippen LogP contribution in [0.3, 0.4) is 0 Å². The van der Waals surface area contributed by atoms with E-state index in [1.807, 2.05) is 13.8 Å². The van der Waals surface area contributed by atoms with Crippen molar-refractivity contribution in [1.82, 2.24) is 20.2 Å². The van der Waals surface area contributed by atoms with Crippen molar-refractivity contribution in [3.8, 4) is 0 Å². The highest BCUT2D eigenvalue weighted by atomic mass is 19.1. The van der Waals surface area contributed by atoms with Crippen LogP contribution in [0.5, 0.6) is 0 Å². The number of nitrogens with zero attached hydrogens (tertiary/aromatic N) is 3. The number of halogens is 1. The number of benzene rings is 1. The first kappa shape index (κ1) is 13.9. The molecule has 0 spiro atoms. The molecule has 1 N–H and O–H groups in total. The normalized spacial score (nSPS) is 22.5. The largest absolute Gasteiger partial charge is 0.335 e. The second-order valence-corrected chi connectivity index (χ2v) is 5.56. The van der Waals surface area contributed by atoms with Crippen molar-refractivity contribution in [3.63, 3.8) is 0 Å². The van der Waals surface area contributed by atoms with Crippen LogP contribution in [0.2, 0.25) is 0 Å². The first-order chi connectivity index (χ1) is 10.0. The molecule has 2 aromatic rings. The standard InChI is InChI=1S/C15H17FN4O/c1-9-7-20(8-10(2)19-9)15(21)12-5-11(16)6-13-14(12)18-4-3-17-13/h3-6,9-10,19H,7-8H2,1-2H3. The van der Waals surface area contributed by atoms with E-state index in [0.717, 1.165) is 0 Å². The molecule has 1 aromatic heterocycles. The summed E-state index contributed by atoms with van der Waals surface area (Å²) in [5.41, 5.74) is 1.12. The van der Waals surface area contributed by atoms with Crippen LogP contribution in [0.25, 0.3) is 11.0 Å². The smallest absolute Gasteiger partial charge is 0.256 e. The molecule has 2 heterocycles. The molecule has 6 heteroatoms. The first-order valence-electron chi connectivity index (χ1n) is 7.00. The van der Waals surface area contributed by atoms with Crippen LogP contribution in [-0.2, 0) is 0 Å². The fraction of sp³-hybridized carbons (Fsp3) is 0.400. The minimum absolute atomic E-state index is 0.194. The summed E-state index contributed by atoms with van der Waals surface area (Å²) < 4.78 is 13.7. The van der Waals surface area contributed by atoms with Gasteiger partial charge in [-0.3, -0.25) is 14.8 Å². The van der Waals surface area contributed by atoms with Crippen molar-refractivity contribution >= 4 is 16.9 Å². The maximum Gasteiger partial charge on any atom is 0.256 e. The maximum atomic E-state index is 13.7. The molecule has 1 aromatic carbocycles. The molecule has 0 saturated carbocycles. The Hall–Kier alpha value is -2.08. The number of hydrogen-bond donors (Lipinski definition) is 1. The lowest BCUT2D eigenvalue weighted by atomic mass is 10.1. The van der Waals surface area contributed by atoms with Gasteiger partial charge in [-0.2, -0.15) is 0 Å². The molecule has 5 nitrogen and oxygen atoms in total. The minimum atomic E-state index is -0.470. The SMILES string of the molecule is CC1CN(C(=O)c2cc(F)cc3nccnc23)CC(C)N1. The molecule has 1 aliphatic rings. The van der Waals surface area contributed by atoms with E-state index in [9.17, 15) is 9.18 Å². The van der Waals surface area contributed by atoms with Crippen molar-refractivity contribution in [2.45, 2.75) is 25.9 Å². The van der Waals surface area contributed by atoms with Crippen molar-refractivity contribution in [2.24, 2.45) is 0 Å². The third kappa shape index (κ3) is 2.71. The predicted molar refractivity (Wildman–Crippen MR) is 77.5 cm³/mol. The lowest BCUT2D eigenvalue weighted by Crippen LogP contribution is -2.55. The highest BCUT2D eigenvalue weighted by Crippen LogP contribution is 2.19. The lowest BCUT2D eigenvalue weighted by molar-refractivity contribution is 0.0675. The average Bonchev–Trinajstić information content (AvgIpc) is 2.44. The van der Waals surface area contributed by atoms with E-state index in [0.29, 0.717) is 24.1 Å². The number of nitrogens with one attached hydrogen (secondary N) is 1. The van der Waals surface area contributed by atoms with Crippen LogP contribution >= 0.6 is 0 Å².